The topological polar surface area (TPSA) is 64.6 Å². The molecule has 8 heteroatoms. The lowest BCUT2D eigenvalue weighted by molar-refractivity contribution is 0.405. The van der Waals surface area contributed by atoms with Gasteiger partial charge in [0, 0.05) is 12.1 Å². The molecular formula is C14H13ClFNO4S. The fourth-order valence-electron chi connectivity index (χ4n) is 1.76. The molecule has 0 saturated carbocycles. The molecule has 0 spiro atoms. The standard InChI is InChI=1S/C14H13ClFNO4S/c1-20-13-8-12(14(21-2)7-11(13)15)17-22(18,19)10-5-3-9(16)4-6-10/h3-8,17H,1-2H3. The Labute approximate surface area is 132 Å². The Kier molecular flexibility index (Phi) is 4.77. The van der Waals surface area contributed by atoms with Crippen molar-refractivity contribution in [2.45, 2.75) is 4.90 Å². The van der Waals surface area contributed by atoms with Crippen molar-refractivity contribution >= 4 is 27.3 Å². The van der Waals surface area contributed by atoms with Crippen molar-refractivity contribution in [2.24, 2.45) is 0 Å². The Bertz CT molecular complexity index is 778. The van der Waals surface area contributed by atoms with Crippen LogP contribution in [0.15, 0.2) is 41.3 Å². The summed E-state index contributed by atoms with van der Waals surface area (Å²) in [7, 11) is -1.10. The van der Waals surface area contributed by atoms with E-state index in [-0.39, 0.29) is 21.4 Å². The molecule has 0 heterocycles. The van der Waals surface area contributed by atoms with Gasteiger partial charge in [-0.15, -0.1) is 0 Å². The molecule has 0 aliphatic rings. The molecule has 1 N–H and O–H groups in total. The number of rotatable bonds is 5. The summed E-state index contributed by atoms with van der Waals surface area (Å²) >= 11 is 5.96. The second-order valence-electron chi connectivity index (χ2n) is 4.25. The molecule has 5 nitrogen and oxygen atoms in total. The molecule has 2 aromatic rings. The average molecular weight is 346 g/mol. The van der Waals surface area contributed by atoms with E-state index in [4.69, 9.17) is 21.1 Å². The third-order valence-corrected chi connectivity index (χ3v) is 4.52. The van der Waals surface area contributed by atoms with E-state index >= 15 is 0 Å². The van der Waals surface area contributed by atoms with Crippen molar-refractivity contribution in [3.63, 3.8) is 0 Å². The zero-order valence-corrected chi connectivity index (χ0v) is 13.3. The van der Waals surface area contributed by atoms with E-state index in [1.54, 1.807) is 0 Å². The molecule has 0 aromatic heterocycles. The van der Waals surface area contributed by atoms with E-state index in [0.29, 0.717) is 5.75 Å². The minimum Gasteiger partial charge on any atom is -0.495 e. The first-order valence-corrected chi connectivity index (χ1v) is 7.93. The first-order chi connectivity index (χ1) is 10.4. The molecule has 2 rings (SSSR count). The molecule has 0 radical (unpaired) electrons. The summed E-state index contributed by atoms with van der Waals surface area (Å²) in [5, 5.41) is 0.282. The van der Waals surface area contributed by atoms with Gasteiger partial charge in [0.25, 0.3) is 10.0 Å². The predicted molar refractivity (Wildman–Crippen MR) is 81.8 cm³/mol. The van der Waals surface area contributed by atoms with Gasteiger partial charge in [0.15, 0.2) is 0 Å². The SMILES string of the molecule is COc1cc(NS(=O)(=O)c2ccc(F)cc2)c(OC)cc1Cl. The summed E-state index contributed by atoms with van der Waals surface area (Å²) in [6.07, 6.45) is 0. The van der Waals surface area contributed by atoms with Gasteiger partial charge in [-0.1, -0.05) is 11.6 Å². The number of hydrogen-bond acceptors (Lipinski definition) is 4. The third kappa shape index (κ3) is 3.42. The molecule has 0 amide bonds. The molecule has 118 valence electrons. The van der Waals surface area contributed by atoms with Crippen molar-refractivity contribution in [1.82, 2.24) is 0 Å². The van der Waals surface area contributed by atoms with Gasteiger partial charge < -0.3 is 9.47 Å². The average Bonchev–Trinajstić information content (AvgIpc) is 2.48. The number of hydrogen-bond donors (Lipinski definition) is 1. The zero-order chi connectivity index (χ0) is 16.3. The Morgan fingerprint density at radius 1 is 1.05 bits per heavy atom. The van der Waals surface area contributed by atoms with E-state index < -0.39 is 15.8 Å². The molecule has 2 aromatic carbocycles. The van der Waals surface area contributed by atoms with Gasteiger partial charge in [-0.2, -0.15) is 0 Å². The number of ether oxygens (including phenoxy) is 2. The van der Waals surface area contributed by atoms with E-state index in [0.717, 1.165) is 24.3 Å². The van der Waals surface area contributed by atoms with Crippen LogP contribution in [0.2, 0.25) is 5.02 Å². The van der Waals surface area contributed by atoms with Crippen molar-refractivity contribution in [3.05, 3.63) is 47.2 Å². The van der Waals surface area contributed by atoms with E-state index in [1.165, 1.54) is 26.4 Å². The van der Waals surface area contributed by atoms with Gasteiger partial charge in [-0.3, -0.25) is 4.72 Å². The van der Waals surface area contributed by atoms with Gasteiger partial charge in [0.2, 0.25) is 0 Å². The number of halogens is 2. The van der Waals surface area contributed by atoms with Crippen molar-refractivity contribution < 1.29 is 22.3 Å². The van der Waals surface area contributed by atoms with Crippen LogP contribution >= 0.6 is 11.6 Å². The zero-order valence-electron chi connectivity index (χ0n) is 11.8. The van der Waals surface area contributed by atoms with Crippen LogP contribution in [0.1, 0.15) is 0 Å². The fourth-order valence-corrected chi connectivity index (χ4v) is 3.05. The maximum atomic E-state index is 12.9. The Morgan fingerprint density at radius 2 is 1.64 bits per heavy atom. The molecule has 0 aliphatic heterocycles. The highest BCUT2D eigenvalue weighted by Gasteiger charge is 2.18. The normalized spacial score (nSPS) is 11.1. The second kappa shape index (κ2) is 6.41. The van der Waals surface area contributed by atoms with Crippen LogP contribution in [0.5, 0.6) is 11.5 Å². The first-order valence-electron chi connectivity index (χ1n) is 6.07. The summed E-state index contributed by atoms with van der Waals surface area (Å²) in [5.74, 6) is 0.000419. The summed E-state index contributed by atoms with van der Waals surface area (Å²) in [4.78, 5) is -0.0788. The van der Waals surface area contributed by atoms with E-state index in [1.807, 2.05) is 0 Å². The van der Waals surface area contributed by atoms with E-state index in [2.05, 4.69) is 4.72 Å². The first kappa shape index (κ1) is 16.4. The molecule has 0 fully saturated rings. The highest BCUT2D eigenvalue weighted by Crippen LogP contribution is 2.36. The van der Waals surface area contributed by atoms with Crippen LogP contribution < -0.4 is 14.2 Å². The molecule has 0 bridgehead atoms. The summed E-state index contributed by atoms with van der Waals surface area (Å²) in [5.41, 5.74) is 0.160. The van der Waals surface area contributed by atoms with E-state index in [9.17, 15) is 12.8 Å². The lowest BCUT2D eigenvalue weighted by atomic mass is 10.3. The highest BCUT2D eigenvalue weighted by atomic mass is 35.5. The van der Waals surface area contributed by atoms with Crippen molar-refractivity contribution in [3.8, 4) is 11.5 Å². The number of benzene rings is 2. The van der Waals surface area contributed by atoms with Gasteiger partial charge in [-0.25, -0.2) is 12.8 Å². The van der Waals surface area contributed by atoms with Crippen LogP contribution in [0.4, 0.5) is 10.1 Å². The van der Waals surface area contributed by atoms with Gasteiger partial charge in [0.05, 0.1) is 29.8 Å². The van der Waals surface area contributed by atoms with Crippen molar-refractivity contribution in [1.29, 1.82) is 0 Å². The second-order valence-corrected chi connectivity index (χ2v) is 6.34. The fraction of sp³-hybridized carbons (Fsp3) is 0.143. The molecule has 0 atom stereocenters. The largest absolute Gasteiger partial charge is 0.495 e. The van der Waals surface area contributed by atoms with Crippen LogP contribution in [0.3, 0.4) is 0 Å². The smallest absolute Gasteiger partial charge is 0.262 e. The Morgan fingerprint density at radius 3 is 2.18 bits per heavy atom. The molecule has 0 aliphatic carbocycles. The Hall–Kier alpha value is -1.99. The number of nitrogens with one attached hydrogen (secondary N) is 1. The lowest BCUT2D eigenvalue weighted by Gasteiger charge is -2.14. The van der Waals surface area contributed by atoms with Gasteiger partial charge >= 0.3 is 0 Å². The number of sulfonamides is 1. The van der Waals surface area contributed by atoms with Crippen LogP contribution in [-0.4, -0.2) is 22.6 Å². The van der Waals surface area contributed by atoms with Gasteiger partial charge in [0.1, 0.15) is 17.3 Å². The summed E-state index contributed by atoms with van der Waals surface area (Å²) in [6, 6.07) is 7.29. The number of methoxy groups -OCH3 is 2. The monoisotopic (exact) mass is 345 g/mol. The molecule has 0 unspecified atom stereocenters. The molecule has 0 saturated heterocycles. The van der Waals surface area contributed by atoms with Crippen LogP contribution in [0.25, 0.3) is 0 Å². The lowest BCUT2D eigenvalue weighted by Crippen LogP contribution is -2.13. The molecular weight excluding hydrogens is 333 g/mol. The van der Waals surface area contributed by atoms with Crippen LogP contribution in [0, 0.1) is 5.82 Å². The van der Waals surface area contributed by atoms with Crippen molar-refractivity contribution in [2.75, 3.05) is 18.9 Å². The minimum absolute atomic E-state index is 0.0788. The maximum absolute atomic E-state index is 12.9. The summed E-state index contributed by atoms with van der Waals surface area (Å²) < 4.78 is 50.0. The quantitative estimate of drug-likeness (QED) is 0.903. The maximum Gasteiger partial charge on any atom is 0.262 e. The predicted octanol–water partition coefficient (Wildman–Crippen LogP) is 3.30. The van der Waals surface area contributed by atoms with Crippen LogP contribution in [-0.2, 0) is 10.0 Å². The minimum atomic E-state index is -3.90. The number of anilines is 1. The highest BCUT2D eigenvalue weighted by molar-refractivity contribution is 7.92. The van der Waals surface area contributed by atoms with Gasteiger partial charge in [-0.05, 0) is 24.3 Å². The third-order valence-electron chi connectivity index (χ3n) is 2.84. The summed E-state index contributed by atoms with van der Waals surface area (Å²) in [6.45, 7) is 0. The molecule has 22 heavy (non-hydrogen) atoms. The Balaban J connectivity index is 2.42.